The van der Waals surface area contributed by atoms with Gasteiger partial charge in [0.15, 0.2) is 0 Å². The van der Waals surface area contributed by atoms with Gasteiger partial charge in [0, 0.05) is 17.5 Å². The lowest BCUT2D eigenvalue weighted by molar-refractivity contribution is -0.145. The largest absolute Gasteiger partial charge is 0.480 e. The molecule has 3 atom stereocenters. The first-order valence-electron chi connectivity index (χ1n) is 7.75. The Bertz CT molecular complexity index is 485. The molecule has 0 bridgehead atoms. The standard InChI is InChI=1S/C16H23NO2S/c1-2-11-4-3-5-12(10-11)17-8-6-14-13(7-9-20-14)15(17)16(18)19/h7,9,11-12,15H,2-6,8,10H2,1H3,(H,18,19). The third-order valence-corrected chi connectivity index (χ3v) is 6.04. The third-order valence-electron chi connectivity index (χ3n) is 5.04. The van der Waals surface area contributed by atoms with Crippen LogP contribution in [0.3, 0.4) is 0 Å². The molecule has 2 heterocycles. The highest BCUT2D eigenvalue weighted by Crippen LogP contribution is 2.39. The molecule has 20 heavy (non-hydrogen) atoms. The molecule has 1 aromatic rings. The molecule has 1 N–H and O–H groups in total. The summed E-state index contributed by atoms with van der Waals surface area (Å²) in [6.45, 7) is 3.17. The molecule has 1 aliphatic heterocycles. The number of carbonyl (C=O) groups is 1. The van der Waals surface area contributed by atoms with Crippen molar-refractivity contribution in [3.8, 4) is 0 Å². The van der Waals surface area contributed by atoms with E-state index in [-0.39, 0.29) is 0 Å². The van der Waals surface area contributed by atoms with Crippen molar-refractivity contribution in [1.82, 2.24) is 4.90 Å². The Kier molecular flexibility index (Phi) is 4.13. The Morgan fingerprint density at radius 3 is 3.10 bits per heavy atom. The number of thiophene rings is 1. The summed E-state index contributed by atoms with van der Waals surface area (Å²) >= 11 is 1.71. The molecule has 3 unspecified atom stereocenters. The van der Waals surface area contributed by atoms with Crippen LogP contribution in [0.25, 0.3) is 0 Å². The molecule has 4 heteroatoms. The Labute approximate surface area is 124 Å². The molecule has 3 rings (SSSR count). The molecular formula is C16H23NO2S. The van der Waals surface area contributed by atoms with E-state index in [1.54, 1.807) is 11.3 Å². The molecule has 110 valence electrons. The van der Waals surface area contributed by atoms with Crippen molar-refractivity contribution in [2.24, 2.45) is 5.92 Å². The molecule has 0 aromatic carbocycles. The van der Waals surface area contributed by atoms with E-state index in [0.717, 1.165) is 24.4 Å². The summed E-state index contributed by atoms with van der Waals surface area (Å²) in [6, 6.07) is 2.07. The average Bonchev–Trinajstić information content (AvgIpc) is 2.94. The zero-order valence-corrected chi connectivity index (χ0v) is 12.9. The number of hydrogen-bond donors (Lipinski definition) is 1. The Hall–Kier alpha value is -0.870. The minimum absolute atomic E-state index is 0.411. The minimum Gasteiger partial charge on any atom is -0.480 e. The number of fused-ring (bicyclic) bond motifs is 1. The van der Waals surface area contributed by atoms with Gasteiger partial charge in [-0.2, -0.15) is 0 Å². The summed E-state index contributed by atoms with van der Waals surface area (Å²) in [6.07, 6.45) is 7.17. The van der Waals surface area contributed by atoms with E-state index in [4.69, 9.17) is 0 Å². The maximum absolute atomic E-state index is 11.8. The Morgan fingerprint density at radius 2 is 2.35 bits per heavy atom. The predicted octanol–water partition coefficient (Wildman–Crippen LogP) is 3.70. The molecule has 3 nitrogen and oxygen atoms in total. The minimum atomic E-state index is -0.678. The van der Waals surface area contributed by atoms with Crippen molar-refractivity contribution in [1.29, 1.82) is 0 Å². The van der Waals surface area contributed by atoms with Crippen LogP contribution < -0.4 is 0 Å². The van der Waals surface area contributed by atoms with Gasteiger partial charge in [0.05, 0.1) is 0 Å². The van der Waals surface area contributed by atoms with Crippen LogP contribution >= 0.6 is 11.3 Å². The number of carboxylic acids is 1. The Morgan fingerprint density at radius 1 is 1.50 bits per heavy atom. The molecule has 1 aliphatic carbocycles. The van der Waals surface area contributed by atoms with E-state index in [0.29, 0.717) is 6.04 Å². The number of rotatable bonds is 3. The second kappa shape index (κ2) is 5.86. The van der Waals surface area contributed by atoms with Crippen molar-refractivity contribution in [3.05, 3.63) is 21.9 Å². The third kappa shape index (κ3) is 2.51. The zero-order chi connectivity index (χ0) is 14.1. The van der Waals surface area contributed by atoms with Crippen LogP contribution in [0.5, 0.6) is 0 Å². The van der Waals surface area contributed by atoms with Gasteiger partial charge in [-0.05, 0) is 42.2 Å². The number of carboxylic acid groups (broad SMARTS) is 1. The van der Waals surface area contributed by atoms with Crippen molar-refractivity contribution in [3.63, 3.8) is 0 Å². The van der Waals surface area contributed by atoms with Gasteiger partial charge in [0.2, 0.25) is 0 Å². The van der Waals surface area contributed by atoms with E-state index in [9.17, 15) is 9.90 Å². The first-order chi connectivity index (χ1) is 9.70. The summed E-state index contributed by atoms with van der Waals surface area (Å²) in [4.78, 5) is 15.3. The highest BCUT2D eigenvalue weighted by molar-refractivity contribution is 7.10. The molecule has 1 fully saturated rings. The van der Waals surface area contributed by atoms with E-state index in [1.165, 1.54) is 37.0 Å². The van der Waals surface area contributed by atoms with Crippen LogP contribution in [0.15, 0.2) is 11.4 Å². The van der Waals surface area contributed by atoms with Crippen LogP contribution in [0.2, 0.25) is 0 Å². The summed E-state index contributed by atoms with van der Waals surface area (Å²) < 4.78 is 0. The van der Waals surface area contributed by atoms with Crippen molar-refractivity contribution >= 4 is 17.3 Å². The monoisotopic (exact) mass is 293 g/mol. The van der Waals surface area contributed by atoms with Crippen LogP contribution in [0.4, 0.5) is 0 Å². The van der Waals surface area contributed by atoms with Crippen molar-refractivity contribution < 1.29 is 9.90 Å². The second-order valence-corrected chi connectivity index (χ2v) is 7.12. The van der Waals surface area contributed by atoms with E-state index in [1.807, 2.05) is 11.4 Å². The number of aliphatic carboxylic acids is 1. The lowest BCUT2D eigenvalue weighted by Gasteiger charge is -2.42. The maximum Gasteiger partial charge on any atom is 0.325 e. The van der Waals surface area contributed by atoms with Gasteiger partial charge in [0.1, 0.15) is 6.04 Å². The van der Waals surface area contributed by atoms with Gasteiger partial charge in [-0.3, -0.25) is 9.69 Å². The maximum atomic E-state index is 11.8. The van der Waals surface area contributed by atoms with Gasteiger partial charge >= 0.3 is 5.97 Å². The first kappa shape index (κ1) is 14.1. The lowest BCUT2D eigenvalue weighted by Crippen LogP contribution is -2.47. The van der Waals surface area contributed by atoms with Crippen molar-refractivity contribution in [2.45, 2.75) is 57.5 Å². The smallest absolute Gasteiger partial charge is 0.325 e. The van der Waals surface area contributed by atoms with Crippen molar-refractivity contribution in [2.75, 3.05) is 6.54 Å². The summed E-state index contributed by atoms with van der Waals surface area (Å²) in [5.74, 6) is 0.107. The van der Waals surface area contributed by atoms with Gasteiger partial charge in [-0.1, -0.05) is 26.2 Å². The number of nitrogens with zero attached hydrogens (tertiary/aromatic N) is 1. The fraction of sp³-hybridized carbons (Fsp3) is 0.688. The SMILES string of the molecule is CCC1CCCC(N2CCc3sccc3C2C(=O)O)C1. The van der Waals surface area contributed by atoms with Crippen LogP contribution in [0, 0.1) is 5.92 Å². The van der Waals surface area contributed by atoms with E-state index < -0.39 is 12.0 Å². The topological polar surface area (TPSA) is 40.5 Å². The molecule has 0 spiro atoms. The zero-order valence-electron chi connectivity index (χ0n) is 12.0. The fourth-order valence-corrected chi connectivity index (χ4v) is 4.84. The average molecular weight is 293 g/mol. The summed E-state index contributed by atoms with van der Waals surface area (Å²) in [5.41, 5.74) is 1.05. The lowest BCUT2D eigenvalue weighted by atomic mass is 9.82. The second-order valence-electron chi connectivity index (χ2n) is 6.12. The molecule has 1 saturated carbocycles. The van der Waals surface area contributed by atoms with E-state index in [2.05, 4.69) is 11.8 Å². The highest BCUT2D eigenvalue weighted by Gasteiger charge is 2.38. The van der Waals surface area contributed by atoms with Crippen LogP contribution in [0.1, 0.15) is 55.5 Å². The molecule has 2 aliphatic rings. The fourth-order valence-electron chi connectivity index (χ4n) is 3.94. The highest BCUT2D eigenvalue weighted by atomic mass is 32.1. The first-order valence-corrected chi connectivity index (χ1v) is 8.63. The quantitative estimate of drug-likeness (QED) is 0.923. The summed E-state index contributed by atoms with van der Waals surface area (Å²) in [7, 11) is 0. The van der Waals surface area contributed by atoms with Gasteiger partial charge in [0.25, 0.3) is 0 Å². The van der Waals surface area contributed by atoms with Crippen LogP contribution in [-0.2, 0) is 11.2 Å². The number of hydrogen-bond acceptors (Lipinski definition) is 3. The van der Waals surface area contributed by atoms with Crippen LogP contribution in [-0.4, -0.2) is 28.6 Å². The molecule has 0 amide bonds. The summed E-state index contributed by atoms with van der Waals surface area (Å²) in [5, 5.41) is 11.7. The molecule has 1 aromatic heterocycles. The van der Waals surface area contributed by atoms with E-state index >= 15 is 0 Å². The molecule has 0 saturated heterocycles. The van der Waals surface area contributed by atoms with Gasteiger partial charge in [-0.15, -0.1) is 11.3 Å². The predicted molar refractivity (Wildman–Crippen MR) is 81.1 cm³/mol. The molecule has 0 radical (unpaired) electrons. The van der Waals surface area contributed by atoms with Gasteiger partial charge < -0.3 is 5.11 Å². The van der Waals surface area contributed by atoms with Gasteiger partial charge in [-0.25, -0.2) is 0 Å². The molecular weight excluding hydrogens is 270 g/mol. The normalized spacial score (nSPS) is 30.9. The Balaban J connectivity index is 1.84.